The molecule has 2 heterocycles. The molecule has 0 radical (unpaired) electrons. The van der Waals surface area contributed by atoms with Crippen molar-refractivity contribution in [3.05, 3.63) is 29.8 Å². The number of benzene rings is 1. The van der Waals surface area contributed by atoms with Gasteiger partial charge in [0.15, 0.2) is 0 Å². The first-order chi connectivity index (χ1) is 12.4. The van der Waals surface area contributed by atoms with E-state index in [1.54, 1.807) is 43.2 Å². The molecule has 0 aromatic heterocycles. The predicted octanol–water partition coefficient (Wildman–Crippen LogP) is 0.283. The molecule has 2 saturated heterocycles. The van der Waals surface area contributed by atoms with E-state index in [0.717, 1.165) is 4.90 Å². The van der Waals surface area contributed by atoms with Crippen LogP contribution in [0.1, 0.15) is 19.4 Å². The fourth-order valence-corrected chi connectivity index (χ4v) is 3.40. The summed E-state index contributed by atoms with van der Waals surface area (Å²) >= 11 is 0. The van der Waals surface area contributed by atoms with Gasteiger partial charge in [0, 0.05) is 25.7 Å². The first kappa shape index (κ1) is 18.2. The van der Waals surface area contributed by atoms with E-state index in [1.807, 2.05) is 6.92 Å². The lowest BCUT2D eigenvalue weighted by Gasteiger charge is -2.34. The second-order valence-corrected chi connectivity index (χ2v) is 6.82. The lowest BCUT2D eigenvalue weighted by Crippen LogP contribution is -2.55. The standard InChI is InChI=1S/C18H24N4O4/c1-12-10-19-8-9-21(12)15(23)11-22-16(24)18(2,20-17(22)25)13-4-6-14(26-3)7-5-13/h4-7,12,19H,8-11H2,1-3H3,(H,20,25). The summed E-state index contributed by atoms with van der Waals surface area (Å²) in [4.78, 5) is 40.6. The Morgan fingerprint density at radius 3 is 2.62 bits per heavy atom. The smallest absolute Gasteiger partial charge is 0.325 e. The molecule has 1 aromatic rings. The number of carbonyl (C=O) groups excluding carboxylic acids is 3. The van der Waals surface area contributed by atoms with Gasteiger partial charge in [0.05, 0.1) is 7.11 Å². The van der Waals surface area contributed by atoms with Crippen molar-refractivity contribution in [3.8, 4) is 5.75 Å². The summed E-state index contributed by atoms with van der Waals surface area (Å²) in [5.74, 6) is 0.0131. The Morgan fingerprint density at radius 1 is 1.31 bits per heavy atom. The number of nitrogens with zero attached hydrogens (tertiary/aromatic N) is 2. The van der Waals surface area contributed by atoms with Crippen LogP contribution in [-0.4, -0.2) is 67.0 Å². The Morgan fingerprint density at radius 2 is 2.00 bits per heavy atom. The van der Waals surface area contributed by atoms with Gasteiger partial charge in [-0.3, -0.25) is 14.5 Å². The van der Waals surface area contributed by atoms with Crippen molar-refractivity contribution in [1.82, 2.24) is 20.4 Å². The number of hydrogen-bond acceptors (Lipinski definition) is 5. The van der Waals surface area contributed by atoms with Crippen LogP contribution >= 0.6 is 0 Å². The van der Waals surface area contributed by atoms with E-state index < -0.39 is 17.5 Å². The van der Waals surface area contributed by atoms with Crippen molar-refractivity contribution in [2.45, 2.75) is 25.4 Å². The van der Waals surface area contributed by atoms with Crippen LogP contribution in [-0.2, 0) is 15.1 Å². The molecule has 0 aliphatic carbocycles. The van der Waals surface area contributed by atoms with E-state index >= 15 is 0 Å². The van der Waals surface area contributed by atoms with Gasteiger partial charge < -0.3 is 20.3 Å². The first-order valence-electron chi connectivity index (χ1n) is 8.65. The van der Waals surface area contributed by atoms with E-state index in [1.165, 1.54) is 0 Å². The van der Waals surface area contributed by atoms with Crippen LogP contribution < -0.4 is 15.4 Å². The van der Waals surface area contributed by atoms with Crippen molar-refractivity contribution in [2.24, 2.45) is 0 Å². The highest BCUT2D eigenvalue weighted by atomic mass is 16.5. The zero-order chi connectivity index (χ0) is 18.9. The number of methoxy groups -OCH3 is 1. The number of urea groups is 1. The summed E-state index contributed by atoms with van der Waals surface area (Å²) in [5, 5.41) is 5.93. The summed E-state index contributed by atoms with van der Waals surface area (Å²) in [7, 11) is 1.56. The number of amides is 4. The third-order valence-corrected chi connectivity index (χ3v) is 5.06. The summed E-state index contributed by atoms with van der Waals surface area (Å²) in [6.45, 7) is 5.32. The molecule has 8 nitrogen and oxygen atoms in total. The first-order valence-corrected chi connectivity index (χ1v) is 8.65. The lowest BCUT2D eigenvalue weighted by atomic mass is 9.92. The number of carbonyl (C=O) groups is 3. The van der Waals surface area contributed by atoms with E-state index in [4.69, 9.17) is 4.74 Å². The van der Waals surface area contributed by atoms with E-state index in [0.29, 0.717) is 30.9 Å². The third kappa shape index (κ3) is 3.12. The largest absolute Gasteiger partial charge is 0.497 e. The molecule has 2 atom stereocenters. The number of nitrogens with one attached hydrogen (secondary N) is 2. The highest BCUT2D eigenvalue weighted by Crippen LogP contribution is 2.30. The summed E-state index contributed by atoms with van der Waals surface area (Å²) < 4.78 is 5.13. The molecule has 0 saturated carbocycles. The maximum Gasteiger partial charge on any atom is 0.325 e. The Balaban J connectivity index is 1.76. The van der Waals surface area contributed by atoms with Gasteiger partial charge in [-0.25, -0.2) is 4.79 Å². The Kier molecular flexibility index (Phi) is 4.86. The van der Waals surface area contributed by atoms with Crippen LogP contribution in [0.3, 0.4) is 0 Å². The van der Waals surface area contributed by atoms with Gasteiger partial charge in [-0.1, -0.05) is 12.1 Å². The van der Waals surface area contributed by atoms with Crippen LogP contribution in [0, 0.1) is 0 Å². The normalized spacial score (nSPS) is 26.0. The van der Waals surface area contributed by atoms with E-state index in [-0.39, 0.29) is 18.5 Å². The van der Waals surface area contributed by atoms with Crippen molar-refractivity contribution >= 4 is 17.8 Å². The fourth-order valence-electron chi connectivity index (χ4n) is 3.40. The zero-order valence-corrected chi connectivity index (χ0v) is 15.2. The molecule has 1 aromatic carbocycles. The van der Waals surface area contributed by atoms with Crippen LogP contribution in [0.5, 0.6) is 5.75 Å². The average Bonchev–Trinajstić information content (AvgIpc) is 2.86. The summed E-state index contributed by atoms with van der Waals surface area (Å²) in [6.07, 6.45) is 0. The lowest BCUT2D eigenvalue weighted by molar-refractivity contribution is -0.140. The van der Waals surface area contributed by atoms with E-state index in [2.05, 4.69) is 10.6 Å². The number of rotatable bonds is 4. The van der Waals surface area contributed by atoms with E-state index in [9.17, 15) is 14.4 Å². The minimum absolute atomic E-state index is 0.0324. The average molecular weight is 360 g/mol. The number of imide groups is 1. The van der Waals surface area contributed by atoms with Crippen LogP contribution in [0.4, 0.5) is 4.79 Å². The highest BCUT2D eigenvalue weighted by Gasteiger charge is 2.49. The van der Waals surface area contributed by atoms with Gasteiger partial charge in [0.2, 0.25) is 5.91 Å². The molecular formula is C18H24N4O4. The van der Waals surface area contributed by atoms with Crippen LogP contribution in [0.25, 0.3) is 0 Å². The van der Waals surface area contributed by atoms with Crippen molar-refractivity contribution in [2.75, 3.05) is 33.3 Å². The van der Waals surface area contributed by atoms with Gasteiger partial charge in [0.25, 0.3) is 5.91 Å². The molecule has 3 rings (SSSR count). The third-order valence-electron chi connectivity index (χ3n) is 5.06. The monoisotopic (exact) mass is 360 g/mol. The molecule has 2 aliphatic rings. The van der Waals surface area contributed by atoms with Crippen molar-refractivity contribution < 1.29 is 19.1 Å². The van der Waals surface area contributed by atoms with Crippen LogP contribution in [0.15, 0.2) is 24.3 Å². The van der Waals surface area contributed by atoms with Gasteiger partial charge in [0.1, 0.15) is 17.8 Å². The number of hydrogen-bond donors (Lipinski definition) is 2. The Labute approximate surface area is 152 Å². The maximum atomic E-state index is 12.9. The molecule has 2 unspecified atom stereocenters. The molecule has 2 fully saturated rings. The minimum atomic E-state index is -1.20. The van der Waals surface area contributed by atoms with Gasteiger partial charge in [-0.15, -0.1) is 0 Å². The quantitative estimate of drug-likeness (QED) is 0.753. The SMILES string of the molecule is COc1ccc(C2(C)NC(=O)N(CC(=O)N3CCNCC3C)C2=O)cc1. The molecule has 0 bridgehead atoms. The maximum absolute atomic E-state index is 12.9. The minimum Gasteiger partial charge on any atom is -0.497 e. The molecule has 2 aliphatic heterocycles. The molecule has 0 spiro atoms. The fraction of sp³-hybridized carbons (Fsp3) is 0.500. The van der Waals surface area contributed by atoms with Gasteiger partial charge >= 0.3 is 6.03 Å². The Hall–Kier alpha value is -2.61. The van der Waals surface area contributed by atoms with Crippen molar-refractivity contribution in [1.29, 1.82) is 0 Å². The number of ether oxygens (including phenoxy) is 1. The highest BCUT2D eigenvalue weighted by molar-refractivity contribution is 6.09. The second-order valence-electron chi connectivity index (χ2n) is 6.82. The zero-order valence-electron chi connectivity index (χ0n) is 15.2. The topological polar surface area (TPSA) is 91.0 Å². The molecule has 4 amide bonds. The molecule has 2 N–H and O–H groups in total. The molecule has 8 heteroatoms. The predicted molar refractivity (Wildman–Crippen MR) is 94.6 cm³/mol. The number of piperazine rings is 1. The summed E-state index contributed by atoms with van der Waals surface area (Å²) in [6, 6.07) is 6.42. The molecular weight excluding hydrogens is 336 g/mol. The summed E-state index contributed by atoms with van der Waals surface area (Å²) in [5.41, 5.74) is -0.555. The van der Waals surface area contributed by atoms with Gasteiger partial charge in [-0.2, -0.15) is 0 Å². The van der Waals surface area contributed by atoms with Crippen LogP contribution in [0.2, 0.25) is 0 Å². The van der Waals surface area contributed by atoms with Gasteiger partial charge in [-0.05, 0) is 31.5 Å². The Bertz CT molecular complexity index is 720. The molecule has 26 heavy (non-hydrogen) atoms. The molecule has 140 valence electrons. The second kappa shape index (κ2) is 6.95. The van der Waals surface area contributed by atoms with Crippen molar-refractivity contribution in [3.63, 3.8) is 0 Å².